The van der Waals surface area contributed by atoms with Gasteiger partial charge in [0.15, 0.2) is 0 Å². The van der Waals surface area contributed by atoms with Gasteiger partial charge in [0.25, 0.3) is 0 Å². The van der Waals surface area contributed by atoms with Gasteiger partial charge in [-0.3, -0.25) is 4.79 Å². The quantitative estimate of drug-likeness (QED) is 0.817. The zero-order chi connectivity index (χ0) is 11.4. The van der Waals surface area contributed by atoms with Gasteiger partial charge in [-0.2, -0.15) is 0 Å². The average molecular weight is 213 g/mol. The molecule has 0 saturated carbocycles. The van der Waals surface area contributed by atoms with Gasteiger partial charge in [-0.05, 0) is 25.5 Å². The monoisotopic (exact) mass is 213 g/mol. The van der Waals surface area contributed by atoms with Crippen molar-refractivity contribution in [1.29, 1.82) is 0 Å². The van der Waals surface area contributed by atoms with E-state index >= 15 is 0 Å². The topological polar surface area (TPSA) is 29.1 Å². The highest BCUT2D eigenvalue weighted by Gasteiger charge is 2.09. The molecule has 0 bridgehead atoms. The Morgan fingerprint density at radius 1 is 1.40 bits per heavy atom. The number of carbonyl (C=O) groups excluding carboxylic acids is 1. The molecule has 2 nitrogen and oxygen atoms in total. The molecule has 1 amide bonds. The summed E-state index contributed by atoms with van der Waals surface area (Å²) in [6, 6.07) is 3.21. The first-order chi connectivity index (χ1) is 6.99. The van der Waals surface area contributed by atoms with E-state index in [2.05, 4.69) is 5.32 Å². The van der Waals surface area contributed by atoms with Crippen molar-refractivity contribution in [2.75, 3.05) is 0 Å². The van der Waals surface area contributed by atoms with Crippen LogP contribution in [0.2, 0.25) is 0 Å². The third-order valence-corrected chi connectivity index (χ3v) is 1.82. The van der Waals surface area contributed by atoms with Crippen molar-refractivity contribution in [1.82, 2.24) is 5.32 Å². The number of carbonyl (C=O) groups is 1. The van der Waals surface area contributed by atoms with E-state index in [0.29, 0.717) is 0 Å². The zero-order valence-corrected chi connectivity index (χ0v) is 8.68. The minimum Gasteiger partial charge on any atom is -0.354 e. The molecule has 0 aliphatic carbocycles. The van der Waals surface area contributed by atoms with Gasteiger partial charge < -0.3 is 5.32 Å². The van der Waals surface area contributed by atoms with Crippen molar-refractivity contribution in [3.05, 3.63) is 35.4 Å². The van der Waals surface area contributed by atoms with Crippen molar-refractivity contribution >= 4 is 5.91 Å². The van der Waals surface area contributed by atoms with Gasteiger partial charge in [0.2, 0.25) is 5.91 Å². The maximum Gasteiger partial charge on any atom is 0.224 e. The predicted octanol–water partition coefficient (Wildman–Crippen LogP) is 2.03. The summed E-state index contributed by atoms with van der Waals surface area (Å²) < 4.78 is 25.7. The van der Waals surface area contributed by atoms with E-state index in [0.717, 1.165) is 12.1 Å². The normalized spacial score (nSPS) is 10.5. The molecule has 0 aliphatic heterocycles. The van der Waals surface area contributed by atoms with E-state index in [9.17, 15) is 13.6 Å². The SMILES string of the molecule is CC(C)NC(=O)Cc1ccc(F)cc1F. The molecule has 0 fully saturated rings. The van der Waals surface area contributed by atoms with Gasteiger partial charge in [-0.1, -0.05) is 6.07 Å². The molecule has 4 heteroatoms. The van der Waals surface area contributed by atoms with E-state index in [1.807, 2.05) is 13.8 Å². The first-order valence-electron chi connectivity index (χ1n) is 4.72. The van der Waals surface area contributed by atoms with Crippen LogP contribution in [0.4, 0.5) is 8.78 Å². The van der Waals surface area contributed by atoms with Crippen LogP contribution in [0.5, 0.6) is 0 Å². The summed E-state index contributed by atoms with van der Waals surface area (Å²) >= 11 is 0. The fourth-order valence-corrected chi connectivity index (χ4v) is 1.21. The molecule has 1 rings (SSSR count). The Kier molecular flexibility index (Phi) is 3.77. The van der Waals surface area contributed by atoms with Crippen LogP contribution in [-0.2, 0) is 11.2 Å². The number of hydrogen-bond acceptors (Lipinski definition) is 1. The van der Waals surface area contributed by atoms with Crippen molar-refractivity contribution in [3.8, 4) is 0 Å². The first-order valence-corrected chi connectivity index (χ1v) is 4.72. The summed E-state index contributed by atoms with van der Waals surface area (Å²) in [7, 11) is 0. The van der Waals surface area contributed by atoms with Crippen molar-refractivity contribution in [3.63, 3.8) is 0 Å². The Morgan fingerprint density at radius 2 is 2.07 bits per heavy atom. The average Bonchev–Trinajstić information content (AvgIpc) is 2.08. The lowest BCUT2D eigenvalue weighted by Gasteiger charge is -2.08. The Morgan fingerprint density at radius 3 is 2.60 bits per heavy atom. The van der Waals surface area contributed by atoms with E-state index in [1.54, 1.807) is 0 Å². The second kappa shape index (κ2) is 4.87. The number of benzene rings is 1. The fourth-order valence-electron chi connectivity index (χ4n) is 1.21. The maximum atomic E-state index is 13.1. The van der Waals surface area contributed by atoms with Gasteiger partial charge in [0.05, 0.1) is 6.42 Å². The lowest BCUT2D eigenvalue weighted by atomic mass is 10.1. The molecule has 1 N–H and O–H groups in total. The summed E-state index contributed by atoms with van der Waals surface area (Å²) in [5.74, 6) is -1.59. The summed E-state index contributed by atoms with van der Waals surface area (Å²) in [5.41, 5.74) is 0.203. The largest absolute Gasteiger partial charge is 0.354 e. The Hall–Kier alpha value is -1.45. The van der Waals surface area contributed by atoms with E-state index < -0.39 is 11.6 Å². The lowest BCUT2D eigenvalue weighted by Crippen LogP contribution is -2.31. The molecule has 0 aromatic heterocycles. The number of nitrogens with one attached hydrogen (secondary N) is 1. The highest BCUT2D eigenvalue weighted by atomic mass is 19.1. The highest BCUT2D eigenvalue weighted by molar-refractivity contribution is 5.78. The predicted molar refractivity (Wildman–Crippen MR) is 53.3 cm³/mol. The molecule has 0 spiro atoms. The van der Waals surface area contributed by atoms with Gasteiger partial charge >= 0.3 is 0 Å². The van der Waals surface area contributed by atoms with Crippen LogP contribution < -0.4 is 5.32 Å². The Labute approximate surface area is 87.3 Å². The van der Waals surface area contributed by atoms with Gasteiger partial charge in [-0.15, -0.1) is 0 Å². The van der Waals surface area contributed by atoms with Crippen LogP contribution in [0, 0.1) is 11.6 Å². The lowest BCUT2D eigenvalue weighted by molar-refractivity contribution is -0.120. The summed E-state index contributed by atoms with van der Waals surface area (Å²) in [6.07, 6.45) is -0.0652. The minimum atomic E-state index is -0.686. The standard InChI is InChI=1S/C11H13F2NO/c1-7(2)14-11(15)5-8-3-4-9(12)6-10(8)13/h3-4,6-7H,5H2,1-2H3,(H,14,15). The Balaban J connectivity index is 2.68. The third kappa shape index (κ3) is 3.65. The maximum absolute atomic E-state index is 13.1. The molecule has 0 heterocycles. The van der Waals surface area contributed by atoms with Gasteiger partial charge in [-0.25, -0.2) is 8.78 Å². The molecule has 0 radical (unpaired) electrons. The molecular weight excluding hydrogens is 200 g/mol. The van der Waals surface area contributed by atoms with E-state index in [-0.39, 0.29) is 23.9 Å². The number of hydrogen-bond donors (Lipinski definition) is 1. The highest BCUT2D eigenvalue weighted by Crippen LogP contribution is 2.10. The van der Waals surface area contributed by atoms with Crippen LogP contribution in [0.1, 0.15) is 19.4 Å². The molecule has 1 aromatic rings. The molecular formula is C11H13F2NO. The van der Waals surface area contributed by atoms with Crippen LogP contribution in [0.15, 0.2) is 18.2 Å². The van der Waals surface area contributed by atoms with Crippen molar-refractivity contribution < 1.29 is 13.6 Å². The number of halogens is 2. The summed E-state index contributed by atoms with van der Waals surface area (Å²) in [4.78, 5) is 11.3. The molecule has 0 aliphatic rings. The van der Waals surface area contributed by atoms with Gasteiger partial charge in [0.1, 0.15) is 11.6 Å². The zero-order valence-electron chi connectivity index (χ0n) is 8.68. The number of rotatable bonds is 3. The van der Waals surface area contributed by atoms with Crippen LogP contribution in [0.25, 0.3) is 0 Å². The molecule has 82 valence electrons. The van der Waals surface area contributed by atoms with Crippen LogP contribution in [-0.4, -0.2) is 11.9 Å². The van der Waals surface area contributed by atoms with E-state index in [1.165, 1.54) is 6.07 Å². The van der Waals surface area contributed by atoms with Crippen LogP contribution >= 0.6 is 0 Å². The third-order valence-electron chi connectivity index (χ3n) is 1.82. The molecule has 0 atom stereocenters. The Bertz CT molecular complexity index is 364. The molecule has 0 unspecified atom stereocenters. The van der Waals surface area contributed by atoms with Crippen molar-refractivity contribution in [2.24, 2.45) is 0 Å². The number of amides is 1. The minimum absolute atomic E-state index is 0.0148. The smallest absolute Gasteiger partial charge is 0.224 e. The second-order valence-corrected chi connectivity index (χ2v) is 3.63. The second-order valence-electron chi connectivity index (χ2n) is 3.63. The summed E-state index contributed by atoms with van der Waals surface area (Å²) in [6.45, 7) is 3.64. The molecule has 0 saturated heterocycles. The molecule has 1 aromatic carbocycles. The summed E-state index contributed by atoms with van der Waals surface area (Å²) in [5, 5.41) is 2.63. The first kappa shape index (κ1) is 11.6. The van der Waals surface area contributed by atoms with E-state index in [4.69, 9.17) is 0 Å². The molecule has 15 heavy (non-hydrogen) atoms. The van der Waals surface area contributed by atoms with Gasteiger partial charge in [0, 0.05) is 12.1 Å². The van der Waals surface area contributed by atoms with Crippen LogP contribution in [0.3, 0.4) is 0 Å². The fraction of sp³-hybridized carbons (Fsp3) is 0.364. The van der Waals surface area contributed by atoms with Crippen molar-refractivity contribution in [2.45, 2.75) is 26.3 Å².